The summed E-state index contributed by atoms with van der Waals surface area (Å²) in [6, 6.07) is 7.15. The van der Waals surface area contributed by atoms with Crippen LogP contribution in [0.4, 0.5) is 5.69 Å². The quantitative estimate of drug-likeness (QED) is 0.714. The molecule has 23 heavy (non-hydrogen) atoms. The predicted octanol–water partition coefficient (Wildman–Crippen LogP) is 1.47. The van der Waals surface area contributed by atoms with Crippen molar-refractivity contribution in [2.45, 2.75) is 25.8 Å². The van der Waals surface area contributed by atoms with Gasteiger partial charge >= 0.3 is 0 Å². The fraction of sp³-hybridized carbons (Fsp3) is 0.533. The number of amides is 1. The van der Waals surface area contributed by atoms with Crippen LogP contribution in [0.3, 0.4) is 0 Å². The molecule has 8 heteroatoms. The molecule has 1 saturated carbocycles. The van der Waals surface area contributed by atoms with Crippen molar-refractivity contribution in [2.75, 3.05) is 18.1 Å². The largest absolute Gasteiger partial charge is 0.330 e. The van der Waals surface area contributed by atoms with Crippen LogP contribution in [0.15, 0.2) is 24.3 Å². The molecule has 0 spiro atoms. The summed E-state index contributed by atoms with van der Waals surface area (Å²) in [6.45, 7) is 0.791. The first-order chi connectivity index (χ1) is 10.4. The van der Waals surface area contributed by atoms with Gasteiger partial charge in [0.15, 0.2) is 0 Å². The van der Waals surface area contributed by atoms with Crippen molar-refractivity contribution in [1.29, 1.82) is 0 Å². The van der Waals surface area contributed by atoms with E-state index in [1.165, 1.54) is 0 Å². The van der Waals surface area contributed by atoms with Crippen LogP contribution in [-0.2, 0) is 21.4 Å². The lowest BCUT2D eigenvalue weighted by Crippen LogP contribution is -2.29. The van der Waals surface area contributed by atoms with E-state index in [4.69, 9.17) is 5.73 Å². The first kappa shape index (κ1) is 19.9. The lowest BCUT2D eigenvalue weighted by molar-refractivity contribution is -0.120. The molecule has 1 aliphatic rings. The molecule has 1 aromatic carbocycles. The fourth-order valence-electron chi connectivity index (χ4n) is 2.82. The van der Waals surface area contributed by atoms with Crippen LogP contribution in [0, 0.1) is 11.8 Å². The summed E-state index contributed by atoms with van der Waals surface area (Å²) in [4.78, 5) is 12.3. The zero-order chi connectivity index (χ0) is 16.2. The molecule has 0 saturated heterocycles. The van der Waals surface area contributed by atoms with Crippen LogP contribution in [-0.4, -0.2) is 27.1 Å². The Morgan fingerprint density at radius 3 is 2.48 bits per heavy atom. The highest BCUT2D eigenvalue weighted by Crippen LogP contribution is 2.31. The van der Waals surface area contributed by atoms with E-state index < -0.39 is 10.0 Å². The Hall–Kier alpha value is -1.15. The fourth-order valence-corrected chi connectivity index (χ4v) is 3.25. The molecule has 1 aromatic rings. The van der Waals surface area contributed by atoms with E-state index >= 15 is 0 Å². The molecule has 4 N–H and O–H groups in total. The number of rotatable bonds is 6. The third-order valence-corrected chi connectivity index (χ3v) is 4.73. The monoisotopic (exact) mass is 361 g/mol. The molecule has 0 radical (unpaired) electrons. The van der Waals surface area contributed by atoms with Crippen molar-refractivity contribution in [1.82, 2.24) is 4.72 Å². The first-order valence-electron chi connectivity index (χ1n) is 7.43. The van der Waals surface area contributed by atoms with Gasteiger partial charge in [-0.15, -0.1) is 12.4 Å². The van der Waals surface area contributed by atoms with Crippen LogP contribution in [0.1, 0.15) is 24.8 Å². The zero-order valence-corrected chi connectivity index (χ0v) is 14.8. The summed E-state index contributed by atoms with van der Waals surface area (Å²) >= 11 is 0. The Labute approximate surface area is 143 Å². The molecule has 2 rings (SSSR count). The van der Waals surface area contributed by atoms with Gasteiger partial charge in [0.25, 0.3) is 0 Å². The number of carbonyl (C=O) groups is 1. The molecule has 1 fully saturated rings. The average molecular weight is 362 g/mol. The second-order valence-corrected chi connectivity index (χ2v) is 7.65. The van der Waals surface area contributed by atoms with Crippen molar-refractivity contribution < 1.29 is 13.2 Å². The van der Waals surface area contributed by atoms with E-state index in [-0.39, 0.29) is 36.7 Å². The van der Waals surface area contributed by atoms with Crippen molar-refractivity contribution >= 4 is 34.0 Å². The van der Waals surface area contributed by atoms with E-state index in [1.807, 2.05) is 0 Å². The maximum Gasteiger partial charge on any atom is 0.227 e. The van der Waals surface area contributed by atoms with Crippen LogP contribution in [0.25, 0.3) is 0 Å². The number of halogens is 1. The van der Waals surface area contributed by atoms with Crippen molar-refractivity contribution in [3.05, 3.63) is 29.8 Å². The molecule has 0 bridgehead atoms. The summed E-state index contributed by atoms with van der Waals surface area (Å²) in [5.41, 5.74) is 7.26. The lowest BCUT2D eigenvalue weighted by Gasteiger charge is -2.17. The minimum absolute atomic E-state index is 0. The molecular weight excluding hydrogens is 338 g/mol. The molecule has 0 heterocycles. The predicted molar refractivity (Wildman–Crippen MR) is 93.9 cm³/mol. The Morgan fingerprint density at radius 1 is 1.26 bits per heavy atom. The number of nitrogens with one attached hydrogen (secondary N) is 2. The van der Waals surface area contributed by atoms with Crippen LogP contribution < -0.4 is 15.8 Å². The molecule has 130 valence electrons. The minimum atomic E-state index is -3.20. The van der Waals surface area contributed by atoms with Gasteiger partial charge < -0.3 is 11.1 Å². The second kappa shape index (κ2) is 8.63. The van der Waals surface area contributed by atoms with Crippen molar-refractivity contribution in [2.24, 2.45) is 17.6 Å². The van der Waals surface area contributed by atoms with Gasteiger partial charge in [0.1, 0.15) is 0 Å². The lowest BCUT2D eigenvalue weighted by atomic mass is 9.95. The summed E-state index contributed by atoms with van der Waals surface area (Å²) < 4.78 is 24.5. The minimum Gasteiger partial charge on any atom is -0.330 e. The number of hydrogen-bond acceptors (Lipinski definition) is 4. The smallest absolute Gasteiger partial charge is 0.227 e. The topological polar surface area (TPSA) is 101 Å². The molecule has 1 amide bonds. The molecule has 2 atom stereocenters. The maximum atomic E-state index is 12.3. The van der Waals surface area contributed by atoms with Gasteiger partial charge in [0.05, 0.1) is 6.26 Å². The number of anilines is 1. The van der Waals surface area contributed by atoms with Crippen LogP contribution in [0.5, 0.6) is 0 Å². The van der Waals surface area contributed by atoms with E-state index in [0.717, 1.165) is 36.8 Å². The third kappa shape index (κ3) is 6.10. The molecule has 1 aliphatic carbocycles. The Bertz CT molecular complexity index is 619. The Morgan fingerprint density at radius 2 is 1.91 bits per heavy atom. The highest BCUT2D eigenvalue weighted by atomic mass is 35.5. The molecule has 6 nitrogen and oxygen atoms in total. The van der Waals surface area contributed by atoms with Crippen molar-refractivity contribution in [3.63, 3.8) is 0 Å². The first-order valence-corrected chi connectivity index (χ1v) is 9.32. The molecular formula is C15H24ClN3O3S. The van der Waals surface area contributed by atoms with Gasteiger partial charge in [-0.1, -0.05) is 18.6 Å². The van der Waals surface area contributed by atoms with Gasteiger partial charge in [0.2, 0.25) is 15.9 Å². The number of nitrogens with two attached hydrogens (primary N) is 1. The number of benzene rings is 1. The number of carbonyl (C=O) groups excluding carboxylic acids is 1. The van der Waals surface area contributed by atoms with Gasteiger partial charge in [-0.2, -0.15) is 0 Å². The van der Waals surface area contributed by atoms with Gasteiger partial charge in [0, 0.05) is 18.2 Å². The second-order valence-electron chi connectivity index (χ2n) is 5.81. The molecule has 0 aliphatic heterocycles. The average Bonchev–Trinajstić information content (AvgIpc) is 2.94. The Balaban J connectivity index is 0.00000264. The summed E-state index contributed by atoms with van der Waals surface area (Å²) in [7, 11) is -3.20. The van der Waals surface area contributed by atoms with Crippen LogP contribution >= 0.6 is 12.4 Å². The third-order valence-electron chi connectivity index (χ3n) is 4.06. The van der Waals surface area contributed by atoms with E-state index in [2.05, 4.69) is 10.0 Å². The highest BCUT2D eigenvalue weighted by molar-refractivity contribution is 7.88. The number of sulfonamides is 1. The van der Waals surface area contributed by atoms with Crippen LogP contribution in [0.2, 0.25) is 0 Å². The van der Waals surface area contributed by atoms with Gasteiger partial charge in [-0.3, -0.25) is 4.79 Å². The normalized spacial score (nSPS) is 20.8. The molecule has 0 unspecified atom stereocenters. The zero-order valence-electron chi connectivity index (χ0n) is 13.1. The summed E-state index contributed by atoms with van der Waals surface area (Å²) in [6.07, 6.45) is 4.09. The van der Waals surface area contributed by atoms with Gasteiger partial charge in [-0.25, -0.2) is 13.1 Å². The summed E-state index contributed by atoms with van der Waals surface area (Å²) in [5.74, 6) is 0.296. The van der Waals surface area contributed by atoms with E-state index in [0.29, 0.717) is 6.54 Å². The van der Waals surface area contributed by atoms with Gasteiger partial charge in [-0.05, 0) is 43.0 Å². The highest BCUT2D eigenvalue weighted by Gasteiger charge is 2.31. The Kier molecular flexibility index (Phi) is 7.47. The van der Waals surface area contributed by atoms with Crippen molar-refractivity contribution in [3.8, 4) is 0 Å². The van der Waals surface area contributed by atoms with E-state index in [9.17, 15) is 13.2 Å². The number of hydrogen-bond donors (Lipinski definition) is 3. The molecule has 0 aromatic heterocycles. The van der Waals surface area contributed by atoms with E-state index in [1.54, 1.807) is 24.3 Å². The summed E-state index contributed by atoms with van der Waals surface area (Å²) in [5, 5.41) is 2.91. The SMILES string of the molecule is CS(=O)(=O)NCc1ccc(NC(=O)[C@@H]2CCC[C@@H]2CN)cc1.Cl. The standard InChI is InChI=1S/C15H23N3O3S.ClH/c1-22(20,21)17-10-11-5-7-13(8-6-11)18-15(19)14-4-2-3-12(14)9-16;/h5-8,12,14,17H,2-4,9-10,16H2,1H3,(H,18,19);1H/t12-,14-;/m1./s1. The maximum absolute atomic E-state index is 12.3.